The lowest BCUT2D eigenvalue weighted by atomic mass is 10.2. The van der Waals surface area contributed by atoms with Crippen molar-refractivity contribution in [2.24, 2.45) is 0 Å². The summed E-state index contributed by atoms with van der Waals surface area (Å²) in [6.07, 6.45) is 1.36. The van der Waals surface area contributed by atoms with Crippen LogP contribution in [0.4, 0.5) is 4.39 Å². The smallest absolute Gasteiger partial charge is 0.379 e. The molecule has 16 heavy (non-hydrogen) atoms. The molecule has 1 heterocycles. The Morgan fingerprint density at radius 3 is 2.56 bits per heavy atom. The molecule has 82 valence electrons. The zero-order valence-corrected chi connectivity index (χ0v) is 8.47. The lowest BCUT2D eigenvalue weighted by Gasteiger charge is -2.05. The standard InChI is InChI=1S/C12H10FNO2/c13-11-6-4-10(5-7-11)9-16-12-3-1-2-8-14(12)15/h1-8H,9H2. The highest BCUT2D eigenvalue weighted by Gasteiger charge is 2.04. The fourth-order valence-electron chi connectivity index (χ4n) is 1.26. The van der Waals surface area contributed by atoms with Crippen molar-refractivity contribution in [1.29, 1.82) is 0 Å². The molecule has 2 aromatic rings. The summed E-state index contributed by atoms with van der Waals surface area (Å²) in [6, 6.07) is 10.9. The van der Waals surface area contributed by atoms with Gasteiger partial charge in [-0.05, 0) is 23.8 Å². The van der Waals surface area contributed by atoms with Crippen LogP contribution in [-0.2, 0) is 6.61 Å². The van der Waals surface area contributed by atoms with Crippen molar-refractivity contribution in [2.75, 3.05) is 0 Å². The normalized spacial score (nSPS) is 10.1. The molecule has 1 aromatic heterocycles. The molecule has 0 atom stereocenters. The van der Waals surface area contributed by atoms with Crippen molar-refractivity contribution in [3.05, 3.63) is 65.2 Å². The number of benzene rings is 1. The van der Waals surface area contributed by atoms with Gasteiger partial charge in [0.05, 0.1) is 6.07 Å². The topological polar surface area (TPSA) is 36.2 Å². The van der Waals surface area contributed by atoms with Gasteiger partial charge in [-0.3, -0.25) is 0 Å². The van der Waals surface area contributed by atoms with E-state index >= 15 is 0 Å². The number of ether oxygens (including phenoxy) is 1. The maximum absolute atomic E-state index is 12.6. The molecule has 4 heteroatoms. The summed E-state index contributed by atoms with van der Waals surface area (Å²) in [5.74, 6) is -0.0609. The number of aromatic nitrogens is 1. The van der Waals surface area contributed by atoms with E-state index in [4.69, 9.17) is 4.74 Å². The van der Waals surface area contributed by atoms with E-state index < -0.39 is 0 Å². The third-order valence-electron chi connectivity index (χ3n) is 2.09. The summed E-state index contributed by atoms with van der Waals surface area (Å²) in [6.45, 7) is 0.243. The van der Waals surface area contributed by atoms with Gasteiger partial charge in [-0.25, -0.2) is 4.39 Å². The first-order valence-electron chi connectivity index (χ1n) is 4.81. The Balaban J connectivity index is 2.02. The monoisotopic (exact) mass is 219 g/mol. The van der Waals surface area contributed by atoms with Crippen LogP contribution in [0, 0.1) is 11.0 Å². The van der Waals surface area contributed by atoms with Crippen LogP contribution in [0.3, 0.4) is 0 Å². The molecule has 0 unspecified atom stereocenters. The average molecular weight is 219 g/mol. The van der Waals surface area contributed by atoms with Gasteiger partial charge >= 0.3 is 5.88 Å². The van der Waals surface area contributed by atoms with E-state index in [2.05, 4.69) is 0 Å². The number of hydrogen-bond acceptors (Lipinski definition) is 2. The van der Waals surface area contributed by atoms with Gasteiger partial charge in [-0.2, -0.15) is 0 Å². The summed E-state index contributed by atoms with van der Waals surface area (Å²) in [5, 5.41) is 11.2. The van der Waals surface area contributed by atoms with Crippen LogP contribution in [0.5, 0.6) is 5.88 Å². The van der Waals surface area contributed by atoms with Crippen LogP contribution in [0.25, 0.3) is 0 Å². The summed E-state index contributed by atoms with van der Waals surface area (Å²) in [7, 11) is 0. The van der Waals surface area contributed by atoms with Crippen LogP contribution < -0.4 is 9.47 Å². The molecule has 3 nitrogen and oxygen atoms in total. The van der Waals surface area contributed by atoms with Gasteiger partial charge in [-0.1, -0.05) is 12.1 Å². The molecule has 0 aliphatic rings. The lowest BCUT2D eigenvalue weighted by Crippen LogP contribution is -2.27. The van der Waals surface area contributed by atoms with Crippen molar-refractivity contribution >= 4 is 0 Å². The second-order valence-electron chi connectivity index (χ2n) is 3.28. The molecule has 0 fully saturated rings. The Morgan fingerprint density at radius 1 is 1.12 bits per heavy atom. The minimum atomic E-state index is -0.289. The molecule has 0 saturated carbocycles. The molecule has 2 rings (SSSR count). The van der Waals surface area contributed by atoms with Crippen LogP contribution in [0.2, 0.25) is 0 Å². The van der Waals surface area contributed by atoms with E-state index in [-0.39, 0.29) is 18.3 Å². The molecular weight excluding hydrogens is 209 g/mol. The molecule has 0 spiro atoms. The molecule has 0 aliphatic carbocycles. The lowest BCUT2D eigenvalue weighted by molar-refractivity contribution is -0.613. The van der Waals surface area contributed by atoms with E-state index in [1.165, 1.54) is 18.3 Å². The fourth-order valence-corrected chi connectivity index (χ4v) is 1.26. The Morgan fingerprint density at radius 2 is 1.88 bits per heavy atom. The van der Waals surface area contributed by atoms with E-state index in [9.17, 15) is 9.60 Å². The average Bonchev–Trinajstić information content (AvgIpc) is 2.30. The first-order chi connectivity index (χ1) is 7.75. The second kappa shape index (κ2) is 4.61. The molecule has 0 aliphatic heterocycles. The minimum absolute atomic E-state index is 0.229. The zero-order valence-electron chi connectivity index (χ0n) is 8.47. The summed E-state index contributed by atoms with van der Waals surface area (Å²) in [5.41, 5.74) is 0.810. The van der Waals surface area contributed by atoms with Gasteiger partial charge in [0.25, 0.3) is 0 Å². The summed E-state index contributed by atoms with van der Waals surface area (Å²) in [4.78, 5) is 0. The molecular formula is C12H10FNO2. The van der Waals surface area contributed by atoms with E-state index in [1.807, 2.05) is 0 Å². The van der Waals surface area contributed by atoms with Gasteiger partial charge in [0.2, 0.25) is 0 Å². The number of pyridine rings is 1. The SMILES string of the molecule is [O-][n+]1ccccc1OCc1ccc(F)cc1. The molecule has 0 N–H and O–H groups in total. The molecule has 0 radical (unpaired) electrons. The summed E-state index contributed by atoms with van der Waals surface area (Å²) < 4.78 is 18.6. The predicted octanol–water partition coefficient (Wildman–Crippen LogP) is 2.04. The molecule has 0 saturated heterocycles. The Bertz CT molecular complexity index is 471. The van der Waals surface area contributed by atoms with Crippen LogP contribution in [0.15, 0.2) is 48.7 Å². The number of nitrogens with zero attached hydrogens (tertiary/aromatic N) is 1. The van der Waals surface area contributed by atoms with Crippen molar-refractivity contribution < 1.29 is 13.9 Å². The van der Waals surface area contributed by atoms with Gasteiger partial charge in [0.1, 0.15) is 12.4 Å². The van der Waals surface area contributed by atoms with Crippen molar-refractivity contribution in [3.63, 3.8) is 0 Å². The van der Waals surface area contributed by atoms with E-state index in [0.717, 1.165) is 5.56 Å². The number of rotatable bonds is 3. The van der Waals surface area contributed by atoms with Crippen molar-refractivity contribution in [1.82, 2.24) is 0 Å². The zero-order chi connectivity index (χ0) is 11.4. The van der Waals surface area contributed by atoms with Gasteiger partial charge in [0.15, 0.2) is 6.20 Å². The number of halogens is 1. The fraction of sp³-hybridized carbons (Fsp3) is 0.0833. The van der Waals surface area contributed by atoms with Crippen LogP contribution in [-0.4, -0.2) is 0 Å². The first kappa shape index (κ1) is 10.4. The number of hydrogen-bond donors (Lipinski definition) is 0. The Labute approximate surface area is 92.3 Å². The first-order valence-corrected chi connectivity index (χ1v) is 4.81. The Hall–Kier alpha value is -2.10. The van der Waals surface area contributed by atoms with Gasteiger partial charge in [-0.15, -0.1) is 4.73 Å². The minimum Gasteiger partial charge on any atom is -0.616 e. The maximum Gasteiger partial charge on any atom is 0.379 e. The third kappa shape index (κ3) is 2.48. The highest BCUT2D eigenvalue weighted by Crippen LogP contribution is 2.07. The highest BCUT2D eigenvalue weighted by molar-refractivity contribution is 5.16. The van der Waals surface area contributed by atoms with Crippen LogP contribution >= 0.6 is 0 Å². The molecule has 0 bridgehead atoms. The largest absolute Gasteiger partial charge is 0.616 e. The maximum atomic E-state index is 12.6. The van der Waals surface area contributed by atoms with Crippen molar-refractivity contribution in [2.45, 2.75) is 6.61 Å². The summed E-state index contributed by atoms with van der Waals surface area (Å²) >= 11 is 0. The third-order valence-corrected chi connectivity index (χ3v) is 2.09. The molecule has 0 amide bonds. The van der Waals surface area contributed by atoms with Crippen molar-refractivity contribution in [3.8, 4) is 5.88 Å². The quantitative estimate of drug-likeness (QED) is 0.585. The van der Waals surface area contributed by atoms with E-state index in [1.54, 1.807) is 30.3 Å². The highest BCUT2D eigenvalue weighted by atomic mass is 19.1. The molecule has 1 aromatic carbocycles. The van der Waals surface area contributed by atoms with Gasteiger partial charge < -0.3 is 9.94 Å². The van der Waals surface area contributed by atoms with Gasteiger partial charge in [0, 0.05) is 6.07 Å². The van der Waals surface area contributed by atoms with Crippen LogP contribution in [0.1, 0.15) is 5.56 Å². The Kier molecular flexibility index (Phi) is 3.00. The second-order valence-corrected chi connectivity index (χ2v) is 3.28. The predicted molar refractivity (Wildman–Crippen MR) is 56.1 cm³/mol. The van der Waals surface area contributed by atoms with E-state index in [0.29, 0.717) is 4.73 Å².